The van der Waals surface area contributed by atoms with Crippen molar-refractivity contribution in [2.75, 3.05) is 14.2 Å². The molecule has 2 aromatic carbocycles. The highest BCUT2D eigenvalue weighted by Crippen LogP contribution is 2.41. The van der Waals surface area contributed by atoms with Gasteiger partial charge in [-0.15, -0.1) is 0 Å². The van der Waals surface area contributed by atoms with E-state index in [1.54, 1.807) is 26.4 Å². The number of rotatable bonds is 5. The van der Waals surface area contributed by atoms with E-state index in [0.29, 0.717) is 6.42 Å². The second-order valence-electron chi connectivity index (χ2n) is 7.14. The molecule has 5 heteroatoms. The molecule has 1 atom stereocenters. The van der Waals surface area contributed by atoms with Gasteiger partial charge in [-0.2, -0.15) is 0 Å². The van der Waals surface area contributed by atoms with Crippen LogP contribution in [0.2, 0.25) is 0 Å². The molecule has 0 bridgehead atoms. The lowest BCUT2D eigenvalue weighted by Gasteiger charge is -2.37. The molecule has 0 aliphatic carbocycles. The van der Waals surface area contributed by atoms with E-state index in [2.05, 4.69) is 5.32 Å². The van der Waals surface area contributed by atoms with Crippen LogP contribution in [0.15, 0.2) is 48.5 Å². The lowest BCUT2D eigenvalue weighted by Crippen LogP contribution is -2.40. The molecule has 1 aliphatic rings. The summed E-state index contributed by atoms with van der Waals surface area (Å²) in [5, 5.41) is 3.09. The molecule has 0 fully saturated rings. The van der Waals surface area contributed by atoms with Gasteiger partial charge in [0.05, 0.1) is 20.3 Å². The predicted octanol–water partition coefficient (Wildman–Crippen LogP) is 4.14. The molecule has 1 N–H and O–H groups in total. The summed E-state index contributed by atoms with van der Waals surface area (Å²) in [6.07, 6.45) is 4.01. The van der Waals surface area contributed by atoms with E-state index in [1.807, 2.05) is 56.3 Å². The molecule has 27 heavy (non-hydrogen) atoms. The fourth-order valence-corrected chi connectivity index (χ4v) is 3.20. The fraction of sp³-hybridized carbons (Fsp3) is 0.318. The zero-order valence-corrected chi connectivity index (χ0v) is 16.1. The van der Waals surface area contributed by atoms with Gasteiger partial charge in [-0.25, -0.2) is 0 Å². The molecule has 0 saturated carbocycles. The molecule has 1 aliphatic heterocycles. The third-order valence-electron chi connectivity index (χ3n) is 4.53. The van der Waals surface area contributed by atoms with E-state index in [4.69, 9.17) is 14.2 Å². The van der Waals surface area contributed by atoms with E-state index in [9.17, 15) is 4.79 Å². The first-order chi connectivity index (χ1) is 12.9. The monoisotopic (exact) mass is 367 g/mol. The Kier molecular flexibility index (Phi) is 5.40. The molecule has 1 amide bonds. The largest absolute Gasteiger partial charge is 0.497 e. The van der Waals surface area contributed by atoms with Crippen molar-refractivity contribution in [3.8, 4) is 17.2 Å². The number of hydrogen-bond donors (Lipinski definition) is 1. The second-order valence-corrected chi connectivity index (χ2v) is 7.14. The summed E-state index contributed by atoms with van der Waals surface area (Å²) in [4.78, 5) is 12.5. The van der Waals surface area contributed by atoms with Crippen LogP contribution in [0.4, 0.5) is 0 Å². The summed E-state index contributed by atoms with van der Waals surface area (Å²) < 4.78 is 16.5. The zero-order valence-electron chi connectivity index (χ0n) is 16.1. The highest BCUT2D eigenvalue weighted by molar-refractivity contribution is 5.92. The minimum atomic E-state index is -0.362. The Morgan fingerprint density at radius 3 is 2.44 bits per heavy atom. The lowest BCUT2D eigenvalue weighted by molar-refractivity contribution is -0.117. The summed E-state index contributed by atoms with van der Waals surface area (Å²) in [6, 6.07) is 13.1. The normalized spacial score (nSPS) is 17.7. The second kappa shape index (κ2) is 7.74. The number of carbonyl (C=O) groups excluding carboxylic acids is 1. The Morgan fingerprint density at radius 2 is 1.78 bits per heavy atom. The van der Waals surface area contributed by atoms with Gasteiger partial charge in [0, 0.05) is 18.1 Å². The van der Waals surface area contributed by atoms with Gasteiger partial charge in [-0.05, 0) is 55.8 Å². The molecule has 1 heterocycles. The van der Waals surface area contributed by atoms with Crippen molar-refractivity contribution >= 4 is 12.0 Å². The quantitative estimate of drug-likeness (QED) is 0.807. The predicted molar refractivity (Wildman–Crippen MR) is 105 cm³/mol. The number of hydrogen-bond acceptors (Lipinski definition) is 4. The van der Waals surface area contributed by atoms with Crippen LogP contribution in [0.5, 0.6) is 17.2 Å². The molecule has 0 spiro atoms. The van der Waals surface area contributed by atoms with Crippen molar-refractivity contribution in [3.63, 3.8) is 0 Å². The Labute approximate surface area is 159 Å². The van der Waals surface area contributed by atoms with E-state index in [1.165, 1.54) is 0 Å². The third kappa shape index (κ3) is 4.61. The topological polar surface area (TPSA) is 56.8 Å². The summed E-state index contributed by atoms with van der Waals surface area (Å²) in [5.74, 6) is 2.15. The standard InChI is InChI=1S/C22H25NO4/c1-22(2)14-19(18-13-17(26-4)10-11-20(18)27-22)23-21(24)12-7-15-5-8-16(25-3)9-6-15/h5-13,19H,14H2,1-4H3,(H,23,24)/b12-7+/t19-/m1/s1. The first kappa shape index (κ1) is 18.8. The van der Waals surface area contributed by atoms with Gasteiger partial charge in [0.25, 0.3) is 0 Å². The van der Waals surface area contributed by atoms with Crippen LogP contribution in [-0.4, -0.2) is 25.7 Å². The molecular weight excluding hydrogens is 342 g/mol. The Bertz CT molecular complexity index is 840. The van der Waals surface area contributed by atoms with Crippen LogP contribution in [0.1, 0.15) is 37.4 Å². The van der Waals surface area contributed by atoms with Gasteiger partial charge in [-0.1, -0.05) is 12.1 Å². The number of benzene rings is 2. The molecule has 3 rings (SSSR count). The molecule has 5 nitrogen and oxygen atoms in total. The van der Waals surface area contributed by atoms with Crippen molar-refractivity contribution in [2.45, 2.75) is 31.9 Å². The van der Waals surface area contributed by atoms with Gasteiger partial charge in [0.15, 0.2) is 0 Å². The molecule has 0 unspecified atom stereocenters. The minimum absolute atomic E-state index is 0.146. The van der Waals surface area contributed by atoms with Crippen molar-refractivity contribution in [1.29, 1.82) is 0 Å². The first-order valence-electron chi connectivity index (χ1n) is 8.90. The number of nitrogens with one attached hydrogen (secondary N) is 1. The number of ether oxygens (including phenoxy) is 3. The number of amides is 1. The van der Waals surface area contributed by atoms with Gasteiger partial charge < -0.3 is 19.5 Å². The molecular formula is C22H25NO4. The van der Waals surface area contributed by atoms with E-state index < -0.39 is 0 Å². The molecule has 142 valence electrons. The van der Waals surface area contributed by atoms with Crippen LogP contribution in [0, 0.1) is 0 Å². The van der Waals surface area contributed by atoms with Crippen LogP contribution in [0.25, 0.3) is 6.08 Å². The smallest absolute Gasteiger partial charge is 0.244 e. The maximum absolute atomic E-state index is 12.5. The van der Waals surface area contributed by atoms with Crippen LogP contribution < -0.4 is 19.5 Å². The van der Waals surface area contributed by atoms with Gasteiger partial charge in [0.1, 0.15) is 22.8 Å². The van der Waals surface area contributed by atoms with Crippen LogP contribution in [0.3, 0.4) is 0 Å². The highest BCUT2D eigenvalue weighted by atomic mass is 16.5. The Morgan fingerprint density at radius 1 is 1.11 bits per heavy atom. The summed E-state index contributed by atoms with van der Waals surface area (Å²) >= 11 is 0. The van der Waals surface area contributed by atoms with Crippen molar-refractivity contribution in [1.82, 2.24) is 5.32 Å². The highest BCUT2D eigenvalue weighted by Gasteiger charge is 2.34. The van der Waals surface area contributed by atoms with Gasteiger partial charge in [0.2, 0.25) is 5.91 Å². The molecule has 0 saturated heterocycles. The zero-order chi connectivity index (χ0) is 19.4. The number of methoxy groups -OCH3 is 2. The first-order valence-corrected chi connectivity index (χ1v) is 8.90. The Hall–Kier alpha value is -2.95. The molecule has 0 radical (unpaired) electrons. The SMILES string of the molecule is COc1ccc(/C=C/C(=O)N[C@@H]2CC(C)(C)Oc3ccc(OC)cc32)cc1. The maximum atomic E-state index is 12.5. The van der Waals surface area contributed by atoms with Crippen LogP contribution in [-0.2, 0) is 4.79 Å². The average molecular weight is 367 g/mol. The third-order valence-corrected chi connectivity index (χ3v) is 4.53. The van der Waals surface area contributed by atoms with Crippen molar-refractivity contribution < 1.29 is 19.0 Å². The summed E-state index contributed by atoms with van der Waals surface area (Å²) in [7, 11) is 3.25. The molecule has 0 aromatic heterocycles. The summed E-state index contributed by atoms with van der Waals surface area (Å²) in [5.41, 5.74) is 1.50. The maximum Gasteiger partial charge on any atom is 0.244 e. The number of fused-ring (bicyclic) bond motifs is 1. The summed E-state index contributed by atoms with van der Waals surface area (Å²) in [6.45, 7) is 4.04. The van der Waals surface area contributed by atoms with Crippen molar-refractivity contribution in [3.05, 3.63) is 59.7 Å². The Balaban J connectivity index is 1.75. The minimum Gasteiger partial charge on any atom is -0.497 e. The van der Waals surface area contributed by atoms with Gasteiger partial charge in [-0.3, -0.25) is 4.79 Å². The van der Waals surface area contributed by atoms with E-state index in [0.717, 1.165) is 28.4 Å². The van der Waals surface area contributed by atoms with Gasteiger partial charge >= 0.3 is 0 Å². The van der Waals surface area contributed by atoms with Crippen LogP contribution >= 0.6 is 0 Å². The fourth-order valence-electron chi connectivity index (χ4n) is 3.20. The molecule has 2 aromatic rings. The number of carbonyl (C=O) groups is 1. The lowest BCUT2D eigenvalue weighted by atomic mass is 9.89. The average Bonchev–Trinajstić information content (AvgIpc) is 2.65. The van der Waals surface area contributed by atoms with E-state index in [-0.39, 0.29) is 17.6 Å². The van der Waals surface area contributed by atoms with E-state index >= 15 is 0 Å². The van der Waals surface area contributed by atoms with Crippen molar-refractivity contribution in [2.24, 2.45) is 0 Å².